The summed E-state index contributed by atoms with van der Waals surface area (Å²) < 4.78 is 0. The van der Waals surface area contributed by atoms with E-state index >= 15 is 0 Å². The molecule has 0 unspecified atom stereocenters. The van der Waals surface area contributed by atoms with Gasteiger partial charge in [0.2, 0.25) is 5.91 Å². The molecule has 0 aromatic heterocycles. The van der Waals surface area contributed by atoms with E-state index in [1.165, 1.54) is 11.1 Å². The molecule has 2 atom stereocenters. The zero-order valence-corrected chi connectivity index (χ0v) is 15.6. The zero-order valence-electron chi connectivity index (χ0n) is 14.8. The number of rotatable bonds is 5. The Morgan fingerprint density at radius 2 is 1.92 bits per heavy atom. The molecule has 1 aliphatic carbocycles. The average Bonchev–Trinajstić information content (AvgIpc) is 2.62. The monoisotopic (exact) mass is 356 g/mol. The molecule has 0 bridgehead atoms. The van der Waals surface area contributed by atoms with Crippen molar-refractivity contribution in [1.29, 1.82) is 0 Å². The number of carbonyl (C=O) groups excluding carboxylic acids is 1. The van der Waals surface area contributed by atoms with Gasteiger partial charge in [-0.05, 0) is 56.1 Å². The highest BCUT2D eigenvalue weighted by Crippen LogP contribution is 2.32. The fourth-order valence-corrected chi connectivity index (χ4v) is 3.92. The van der Waals surface area contributed by atoms with E-state index in [-0.39, 0.29) is 17.9 Å². The van der Waals surface area contributed by atoms with Gasteiger partial charge in [0.15, 0.2) is 0 Å². The second kappa shape index (κ2) is 8.03. The van der Waals surface area contributed by atoms with Crippen LogP contribution in [-0.4, -0.2) is 31.4 Å². The van der Waals surface area contributed by atoms with E-state index in [2.05, 4.69) is 28.4 Å². The third-order valence-corrected chi connectivity index (χ3v) is 5.39. The Kier molecular flexibility index (Phi) is 5.77. The van der Waals surface area contributed by atoms with E-state index in [1.807, 2.05) is 44.4 Å². The first-order chi connectivity index (χ1) is 12.1. The fourth-order valence-electron chi connectivity index (χ4n) is 3.66. The topological polar surface area (TPSA) is 32.3 Å². The molecule has 4 heteroatoms. The van der Waals surface area contributed by atoms with Crippen LogP contribution in [-0.2, 0) is 11.2 Å². The normalized spacial score (nSPS) is 17.8. The van der Waals surface area contributed by atoms with E-state index in [1.54, 1.807) is 0 Å². The molecule has 0 saturated carbocycles. The number of hydrogen-bond donors (Lipinski definition) is 1. The molecule has 0 saturated heterocycles. The van der Waals surface area contributed by atoms with Gasteiger partial charge in [0.25, 0.3) is 0 Å². The quantitative estimate of drug-likeness (QED) is 0.871. The number of amides is 1. The summed E-state index contributed by atoms with van der Waals surface area (Å²) in [5.41, 5.74) is 3.54. The molecule has 2 aromatic carbocycles. The van der Waals surface area contributed by atoms with Gasteiger partial charge in [0, 0.05) is 11.6 Å². The Balaban J connectivity index is 1.72. The van der Waals surface area contributed by atoms with Crippen LogP contribution in [0.15, 0.2) is 48.5 Å². The van der Waals surface area contributed by atoms with Crippen molar-refractivity contribution >= 4 is 17.5 Å². The van der Waals surface area contributed by atoms with Crippen molar-refractivity contribution in [2.45, 2.75) is 31.2 Å². The van der Waals surface area contributed by atoms with Gasteiger partial charge in [0.1, 0.15) is 0 Å². The zero-order chi connectivity index (χ0) is 17.8. The Bertz CT molecular complexity index is 744. The number of aryl methyl sites for hydroxylation is 1. The van der Waals surface area contributed by atoms with Crippen molar-refractivity contribution in [3.05, 3.63) is 70.2 Å². The lowest BCUT2D eigenvalue weighted by molar-refractivity contribution is -0.123. The van der Waals surface area contributed by atoms with Gasteiger partial charge in [0.05, 0.1) is 12.0 Å². The van der Waals surface area contributed by atoms with Gasteiger partial charge in [-0.25, -0.2) is 0 Å². The second-order valence-electron chi connectivity index (χ2n) is 6.89. The summed E-state index contributed by atoms with van der Waals surface area (Å²) in [7, 11) is 4.02. The summed E-state index contributed by atoms with van der Waals surface area (Å²) in [5.74, 6) is 0.0741. The molecule has 3 rings (SSSR count). The standard InChI is InChI=1S/C21H25ClN2O/c1-24(2)20(18-11-5-6-13-19(18)22)14-23-21(25)17-12-7-9-15-8-3-4-10-16(15)17/h3-6,8,10-11,13,17,20H,7,9,12,14H2,1-2H3,(H,23,25)/t17-,20+/m0/s1. The van der Waals surface area contributed by atoms with Crippen molar-refractivity contribution < 1.29 is 4.79 Å². The van der Waals surface area contributed by atoms with Gasteiger partial charge in [-0.3, -0.25) is 4.79 Å². The van der Waals surface area contributed by atoms with Gasteiger partial charge in [-0.1, -0.05) is 54.1 Å². The number of hydrogen-bond acceptors (Lipinski definition) is 2. The van der Waals surface area contributed by atoms with Gasteiger partial charge in [-0.15, -0.1) is 0 Å². The van der Waals surface area contributed by atoms with E-state index in [4.69, 9.17) is 11.6 Å². The molecular weight excluding hydrogens is 332 g/mol. The molecule has 1 N–H and O–H groups in total. The number of fused-ring (bicyclic) bond motifs is 1. The summed E-state index contributed by atoms with van der Waals surface area (Å²) >= 11 is 6.35. The lowest BCUT2D eigenvalue weighted by atomic mass is 9.82. The summed E-state index contributed by atoms with van der Waals surface area (Å²) in [5, 5.41) is 3.90. The Hall–Kier alpha value is -1.84. The summed E-state index contributed by atoms with van der Waals surface area (Å²) in [6, 6.07) is 16.2. The molecule has 0 radical (unpaired) electrons. The van der Waals surface area contributed by atoms with E-state index in [0.29, 0.717) is 6.54 Å². The number of halogens is 1. The molecule has 0 aliphatic heterocycles. The minimum Gasteiger partial charge on any atom is -0.354 e. The predicted octanol–water partition coefficient (Wildman–Crippen LogP) is 4.18. The van der Waals surface area contributed by atoms with Crippen LogP contribution in [0.1, 0.15) is 41.5 Å². The van der Waals surface area contributed by atoms with Crippen LogP contribution >= 0.6 is 11.6 Å². The number of nitrogens with one attached hydrogen (secondary N) is 1. The molecule has 1 aliphatic rings. The molecule has 0 heterocycles. The van der Waals surface area contributed by atoms with Crippen molar-refractivity contribution in [2.24, 2.45) is 0 Å². The fraction of sp³-hybridized carbons (Fsp3) is 0.381. The van der Waals surface area contributed by atoms with Gasteiger partial charge < -0.3 is 10.2 Å². The molecular formula is C21H25ClN2O. The minimum absolute atomic E-state index is 0.0426. The summed E-state index contributed by atoms with van der Waals surface area (Å²) in [4.78, 5) is 14.9. The number of likely N-dealkylation sites (N-methyl/N-ethyl adjacent to an activating group) is 1. The maximum Gasteiger partial charge on any atom is 0.227 e. The molecule has 0 fully saturated rings. The van der Waals surface area contributed by atoms with Crippen molar-refractivity contribution in [3.8, 4) is 0 Å². The molecule has 3 nitrogen and oxygen atoms in total. The van der Waals surface area contributed by atoms with E-state index in [9.17, 15) is 4.79 Å². The lowest BCUT2D eigenvalue weighted by Crippen LogP contribution is -2.38. The number of carbonyl (C=O) groups is 1. The SMILES string of the molecule is CN(C)[C@H](CNC(=O)[C@H]1CCCc2ccccc21)c1ccccc1Cl. The number of nitrogens with zero attached hydrogens (tertiary/aromatic N) is 1. The third-order valence-electron chi connectivity index (χ3n) is 5.04. The third kappa shape index (κ3) is 4.05. The largest absolute Gasteiger partial charge is 0.354 e. The number of benzene rings is 2. The van der Waals surface area contributed by atoms with Crippen LogP contribution in [0.25, 0.3) is 0 Å². The molecule has 132 valence electrons. The Labute approximate surface area is 155 Å². The van der Waals surface area contributed by atoms with Crippen LogP contribution < -0.4 is 5.32 Å². The molecule has 1 amide bonds. The highest BCUT2D eigenvalue weighted by atomic mass is 35.5. The highest BCUT2D eigenvalue weighted by Gasteiger charge is 2.27. The lowest BCUT2D eigenvalue weighted by Gasteiger charge is -2.28. The van der Waals surface area contributed by atoms with Crippen LogP contribution in [0, 0.1) is 0 Å². The maximum atomic E-state index is 12.8. The molecule has 2 aromatic rings. The minimum atomic E-state index is -0.0426. The molecule has 0 spiro atoms. The van der Waals surface area contributed by atoms with Crippen molar-refractivity contribution in [1.82, 2.24) is 10.2 Å². The highest BCUT2D eigenvalue weighted by molar-refractivity contribution is 6.31. The summed E-state index contributed by atoms with van der Waals surface area (Å²) in [6.45, 7) is 0.550. The van der Waals surface area contributed by atoms with Gasteiger partial charge >= 0.3 is 0 Å². The van der Waals surface area contributed by atoms with Gasteiger partial charge in [-0.2, -0.15) is 0 Å². The van der Waals surface area contributed by atoms with Crippen molar-refractivity contribution in [2.75, 3.05) is 20.6 Å². The first-order valence-corrected chi connectivity index (χ1v) is 9.22. The Morgan fingerprint density at radius 1 is 1.20 bits per heavy atom. The van der Waals surface area contributed by atoms with Crippen LogP contribution in [0.3, 0.4) is 0 Å². The predicted molar refractivity (Wildman–Crippen MR) is 103 cm³/mol. The maximum absolute atomic E-state index is 12.8. The smallest absolute Gasteiger partial charge is 0.227 e. The Morgan fingerprint density at radius 3 is 2.68 bits per heavy atom. The van der Waals surface area contributed by atoms with E-state index < -0.39 is 0 Å². The summed E-state index contributed by atoms with van der Waals surface area (Å²) in [6.07, 6.45) is 3.05. The second-order valence-corrected chi connectivity index (χ2v) is 7.30. The first kappa shape index (κ1) is 18.0. The molecule has 25 heavy (non-hydrogen) atoms. The van der Waals surface area contributed by atoms with Crippen LogP contribution in [0.2, 0.25) is 5.02 Å². The van der Waals surface area contributed by atoms with Crippen LogP contribution in [0.4, 0.5) is 0 Å². The van der Waals surface area contributed by atoms with Crippen LogP contribution in [0.5, 0.6) is 0 Å². The van der Waals surface area contributed by atoms with Crippen molar-refractivity contribution in [3.63, 3.8) is 0 Å². The first-order valence-electron chi connectivity index (χ1n) is 8.84. The average molecular weight is 357 g/mol. The van der Waals surface area contributed by atoms with E-state index in [0.717, 1.165) is 29.8 Å².